The lowest BCUT2D eigenvalue weighted by Gasteiger charge is -2.31. The molecule has 1 aliphatic carbocycles. The van der Waals surface area contributed by atoms with Crippen molar-refractivity contribution in [3.8, 4) is 5.75 Å². The zero-order valence-corrected chi connectivity index (χ0v) is 21.0. The van der Waals surface area contributed by atoms with Crippen molar-refractivity contribution >= 4 is 35.2 Å². The lowest BCUT2D eigenvalue weighted by molar-refractivity contribution is -0.139. The van der Waals surface area contributed by atoms with Crippen LogP contribution >= 0.6 is 23.4 Å². The maximum Gasteiger partial charge on any atom is 0.243 e. The largest absolute Gasteiger partial charge is 0.497 e. The molecule has 1 N–H and O–H groups in total. The van der Waals surface area contributed by atoms with E-state index in [4.69, 9.17) is 16.3 Å². The molecule has 0 unspecified atom stereocenters. The fourth-order valence-corrected chi connectivity index (χ4v) is 5.22. The van der Waals surface area contributed by atoms with Gasteiger partial charge in [0.25, 0.3) is 0 Å². The number of benzene rings is 2. The minimum Gasteiger partial charge on any atom is -0.497 e. The van der Waals surface area contributed by atoms with Crippen molar-refractivity contribution in [2.24, 2.45) is 0 Å². The van der Waals surface area contributed by atoms with Crippen LogP contribution in [0.3, 0.4) is 0 Å². The molecule has 0 heterocycles. The van der Waals surface area contributed by atoms with Gasteiger partial charge < -0.3 is 15.0 Å². The van der Waals surface area contributed by atoms with E-state index in [0.717, 1.165) is 42.6 Å². The fraction of sp³-hybridized carbons (Fsp3) is 0.462. The molecule has 178 valence electrons. The smallest absolute Gasteiger partial charge is 0.243 e. The molecule has 33 heavy (non-hydrogen) atoms. The van der Waals surface area contributed by atoms with Gasteiger partial charge in [-0.25, -0.2) is 0 Å². The number of hydrogen-bond donors (Lipinski definition) is 1. The Bertz CT molecular complexity index is 916. The highest BCUT2D eigenvalue weighted by Crippen LogP contribution is 2.23. The summed E-state index contributed by atoms with van der Waals surface area (Å²) in [5.74, 6) is 1.70. The van der Waals surface area contributed by atoms with Crippen molar-refractivity contribution in [1.29, 1.82) is 0 Å². The van der Waals surface area contributed by atoms with E-state index in [1.165, 1.54) is 0 Å². The van der Waals surface area contributed by atoms with E-state index in [9.17, 15) is 9.59 Å². The summed E-state index contributed by atoms with van der Waals surface area (Å²) in [5.41, 5.74) is 1.97. The number of amides is 2. The average molecular weight is 489 g/mol. The molecule has 1 aliphatic rings. The van der Waals surface area contributed by atoms with Crippen LogP contribution in [0.15, 0.2) is 48.5 Å². The number of ether oxygens (including phenoxy) is 1. The van der Waals surface area contributed by atoms with Crippen molar-refractivity contribution in [1.82, 2.24) is 10.2 Å². The number of methoxy groups -OCH3 is 1. The first-order valence-electron chi connectivity index (χ1n) is 11.6. The van der Waals surface area contributed by atoms with Crippen molar-refractivity contribution in [2.45, 2.75) is 63.4 Å². The second-order valence-electron chi connectivity index (χ2n) is 8.37. The maximum absolute atomic E-state index is 13.4. The highest BCUT2D eigenvalue weighted by molar-refractivity contribution is 7.99. The van der Waals surface area contributed by atoms with Gasteiger partial charge in [0.15, 0.2) is 0 Å². The minimum absolute atomic E-state index is 0.0538. The summed E-state index contributed by atoms with van der Waals surface area (Å²) in [6.45, 7) is 2.27. The van der Waals surface area contributed by atoms with Crippen molar-refractivity contribution in [3.63, 3.8) is 0 Å². The summed E-state index contributed by atoms with van der Waals surface area (Å²) in [6.07, 6.45) is 4.87. The summed E-state index contributed by atoms with van der Waals surface area (Å²) in [6, 6.07) is 15.0. The SMILES string of the molecule is CC[C@H](C(=O)NC1CCCC1)N(Cc1ccccc1Cl)C(=O)CSCc1ccc(OC)cc1. The number of nitrogens with one attached hydrogen (secondary N) is 1. The zero-order valence-electron chi connectivity index (χ0n) is 19.4. The van der Waals surface area contributed by atoms with Crippen LogP contribution in [0.5, 0.6) is 5.75 Å². The lowest BCUT2D eigenvalue weighted by atomic mass is 10.1. The topological polar surface area (TPSA) is 58.6 Å². The first-order chi connectivity index (χ1) is 16.0. The van der Waals surface area contributed by atoms with Gasteiger partial charge in [0.2, 0.25) is 11.8 Å². The van der Waals surface area contributed by atoms with Gasteiger partial charge in [-0.1, -0.05) is 61.7 Å². The quantitative estimate of drug-likeness (QED) is 0.457. The molecule has 0 radical (unpaired) electrons. The van der Waals surface area contributed by atoms with Crippen molar-refractivity contribution < 1.29 is 14.3 Å². The normalized spacial score (nSPS) is 14.6. The molecular formula is C26H33ClN2O3S. The number of carbonyl (C=O) groups is 2. The fourth-order valence-electron chi connectivity index (χ4n) is 4.16. The molecule has 5 nitrogen and oxygen atoms in total. The third-order valence-electron chi connectivity index (χ3n) is 6.04. The molecule has 0 aliphatic heterocycles. The molecule has 2 amide bonds. The molecule has 2 aromatic rings. The summed E-state index contributed by atoms with van der Waals surface area (Å²) in [7, 11) is 1.64. The molecule has 0 bridgehead atoms. The van der Waals surface area contributed by atoms with E-state index in [2.05, 4.69) is 5.32 Å². The summed E-state index contributed by atoms with van der Waals surface area (Å²) >= 11 is 7.94. The number of nitrogens with zero attached hydrogens (tertiary/aromatic N) is 1. The molecule has 1 atom stereocenters. The standard InChI is InChI=1S/C26H33ClN2O3S/c1-3-24(26(31)28-21-9-5-6-10-21)29(16-20-8-4-7-11-23(20)27)25(30)18-33-17-19-12-14-22(32-2)15-13-19/h4,7-8,11-15,21,24H,3,5-6,9-10,16-18H2,1-2H3,(H,28,31)/t24-/m1/s1. The third-order valence-corrected chi connectivity index (χ3v) is 7.40. The van der Waals surface area contributed by atoms with Crippen LogP contribution in [0.4, 0.5) is 0 Å². The Kier molecular flexibility index (Phi) is 9.95. The average Bonchev–Trinajstić information content (AvgIpc) is 3.33. The number of hydrogen-bond acceptors (Lipinski definition) is 4. The van der Waals surface area contributed by atoms with Crippen LogP contribution in [0.1, 0.15) is 50.2 Å². The minimum atomic E-state index is -0.518. The predicted octanol–water partition coefficient (Wildman–Crippen LogP) is 5.45. The summed E-state index contributed by atoms with van der Waals surface area (Å²) in [4.78, 5) is 28.2. The molecule has 2 aromatic carbocycles. The van der Waals surface area contributed by atoms with Crippen LogP contribution in [-0.2, 0) is 21.9 Å². The van der Waals surface area contributed by atoms with Gasteiger partial charge in [0.1, 0.15) is 11.8 Å². The second kappa shape index (κ2) is 12.9. The van der Waals surface area contributed by atoms with Crippen molar-refractivity contribution in [2.75, 3.05) is 12.9 Å². The highest BCUT2D eigenvalue weighted by atomic mass is 35.5. The van der Waals surface area contributed by atoms with E-state index < -0.39 is 6.04 Å². The second-order valence-corrected chi connectivity index (χ2v) is 9.76. The molecule has 0 aromatic heterocycles. The number of halogens is 1. The van der Waals surface area contributed by atoms with Crippen LogP contribution < -0.4 is 10.1 Å². The van der Waals surface area contributed by atoms with E-state index in [0.29, 0.717) is 29.5 Å². The van der Waals surface area contributed by atoms with Gasteiger partial charge in [-0.15, -0.1) is 11.8 Å². The van der Waals surface area contributed by atoms with Gasteiger partial charge in [0, 0.05) is 23.4 Å². The zero-order chi connectivity index (χ0) is 23.6. The molecule has 0 saturated heterocycles. The van der Waals surface area contributed by atoms with Gasteiger partial charge in [-0.2, -0.15) is 0 Å². The Balaban J connectivity index is 1.69. The van der Waals surface area contributed by atoms with Gasteiger partial charge >= 0.3 is 0 Å². The first-order valence-corrected chi connectivity index (χ1v) is 13.1. The van der Waals surface area contributed by atoms with Crippen LogP contribution in [-0.4, -0.2) is 41.7 Å². The molecular weight excluding hydrogens is 456 g/mol. The molecule has 1 saturated carbocycles. The Morgan fingerprint density at radius 2 is 1.85 bits per heavy atom. The van der Waals surface area contributed by atoms with E-state index in [1.807, 2.05) is 55.5 Å². The van der Waals surface area contributed by atoms with Gasteiger partial charge in [0.05, 0.1) is 12.9 Å². The number of thioether (sulfide) groups is 1. The summed E-state index contributed by atoms with van der Waals surface area (Å²) < 4.78 is 5.20. The van der Waals surface area contributed by atoms with E-state index in [-0.39, 0.29) is 17.9 Å². The lowest BCUT2D eigenvalue weighted by Crippen LogP contribution is -2.51. The monoisotopic (exact) mass is 488 g/mol. The Morgan fingerprint density at radius 1 is 1.15 bits per heavy atom. The van der Waals surface area contributed by atoms with Gasteiger partial charge in [-0.05, 0) is 48.6 Å². The Morgan fingerprint density at radius 3 is 2.48 bits per heavy atom. The predicted molar refractivity (Wildman–Crippen MR) is 136 cm³/mol. The van der Waals surface area contributed by atoms with E-state index in [1.54, 1.807) is 23.8 Å². The Hall–Kier alpha value is -2.18. The molecule has 0 spiro atoms. The van der Waals surface area contributed by atoms with Crippen LogP contribution in [0, 0.1) is 0 Å². The highest BCUT2D eigenvalue weighted by Gasteiger charge is 2.30. The third kappa shape index (κ3) is 7.41. The van der Waals surface area contributed by atoms with Crippen LogP contribution in [0.25, 0.3) is 0 Å². The molecule has 3 rings (SSSR count). The number of rotatable bonds is 11. The van der Waals surface area contributed by atoms with Crippen molar-refractivity contribution in [3.05, 3.63) is 64.7 Å². The maximum atomic E-state index is 13.4. The van der Waals surface area contributed by atoms with Gasteiger partial charge in [-0.3, -0.25) is 9.59 Å². The van der Waals surface area contributed by atoms with E-state index >= 15 is 0 Å². The van der Waals surface area contributed by atoms with Crippen LogP contribution in [0.2, 0.25) is 5.02 Å². The Labute approximate surface area is 206 Å². The molecule has 7 heteroatoms. The number of carbonyl (C=O) groups excluding carboxylic acids is 2. The first kappa shape index (κ1) is 25.4. The molecule has 1 fully saturated rings. The summed E-state index contributed by atoms with van der Waals surface area (Å²) in [5, 5.41) is 3.78.